The highest BCUT2D eigenvalue weighted by Crippen LogP contribution is 2.30. The van der Waals surface area contributed by atoms with Crippen molar-refractivity contribution < 1.29 is 13.2 Å². The maximum atomic E-state index is 11.3. The highest BCUT2D eigenvalue weighted by atomic mass is 35.5. The molecule has 0 aliphatic carbocycles. The fourth-order valence-electron chi connectivity index (χ4n) is 1.01. The van der Waals surface area contributed by atoms with Gasteiger partial charge < -0.3 is 4.74 Å². The van der Waals surface area contributed by atoms with Gasteiger partial charge in [0.2, 0.25) is 0 Å². The van der Waals surface area contributed by atoms with Gasteiger partial charge in [0, 0.05) is 6.26 Å². The summed E-state index contributed by atoms with van der Waals surface area (Å²) in [5.74, 6) is 0.273. The van der Waals surface area contributed by atoms with E-state index in [-0.39, 0.29) is 15.7 Å². The smallest absolute Gasteiger partial charge is 0.180 e. The van der Waals surface area contributed by atoms with Crippen LogP contribution in [0.1, 0.15) is 0 Å². The highest BCUT2D eigenvalue weighted by Gasteiger charge is 2.17. The van der Waals surface area contributed by atoms with E-state index in [4.69, 9.17) is 16.3 Å². The van der Waals surface area contributed by atoms with Crippen molar-refractivity contribution in [3.05, 3.63) is 23.2 Å². The van der Waals surface area contributed by atoms with Crippen molar-refractivity contribution in [2.45, 2.75) is 4.90 Å². The number of ether oxygens (including phenoxy) is 1. The van der Waals surface area contributed by atoms with Gasteiger partial charge in [-0.15, -0.1) is 0 Å². The van der Waals surface area contributed by atoms with Gasteiger partial charge in [-0.1, -0.05) is 17.7 Å². The minimum absolute atomic E-state index is 0.0409. The Balaban J connectivity index is 3.50. The predicted octanol–water partition coefficient (Wildman–Crippen LogP) is 1.75. The van der Waals surface area contributed by atoms with Crippen molar-refractivity contribution in [1.29, 1.82) is 0 Å². The monoisotopic (exact) mass is 220 g/mol. The first kappa shape index (κ1) is 10.3. The topological polar surface area (TPSA) is 43.4 Å². The molecule has 0 aliphatic heterocycles. The van der Waals surface area contributed by atoms with E-state index < -0.39 is 9.84 Å². The number of methoxy groups -OCH3 is 1. The van der Waals surface area contributed by atoms with Gasteiger partial charge in [-0.2, -0.15) is 0 Å². The van der Waals surface area contributed by atoms with Gasteiger partial charge in [-0.05, 0) is 12.1 Å². The van der Waals surface area contributed by atoms with Gasteiger partial charge in [-0.25, -0.2) is 8.42 Å². The summed E-state index contributed by atoms with van der Waals surface area (Å²) >= 11 is 5.73. The average Bonchev–Trinajstić information content (AvgIpc) is 2.01. The Bertz CT molecular complexity index is 411. The van der Waals surface area contributed by atoms with Crippen molar-refractivity contribution in [2.75, 3.05) is 13.4 Å². The molecular formula is C8H9ClO3S. The third-order valence-corrected chi connectivity index (χ3v) is 3.11. The SMILES string of the molecule is COc1cccc(Cl)c1S(C)(=O)=O. The van der Waals surface area contributed by atoms with Crippen molar-refractivity contribution in [3.63, 3.8) is 0 Å². The number of halogens is 1. The van der Waals surface area contributed by atoms with Crippen LogP contribution in [0.4, 0.5) is 0 Å². The molecule has 0 aromatic heterocycles. The standard InChI is InChI=1S/C8H9ClO3S/c1-12-7-5-3-4-6(9)8(7)13(2,10)11/h3-5H,1-2H3. The second-order valence-corrected chi connectivity index (χ2v) is 4.90. The van der Waals surface area contributed by atoms with Crippen LogP contribution in [-0.2, 0) is 9.84 Å². The molecule has 13 heavy (non-hydrogen) atoms. The Labute approximate surface area is 82.2 Å². The minimum atomic E-state index is -3.33. The van der Waals surface area contributed by atoms with E-state index >= 15 is 0 Å². The van der Waals surface area contributed by atoms with Gasteiger partial charge in [0.25, 0.3) is 0 Å². The first-order valence-electron chi connectivity index (χ1n) is 3.49. The van der Waals surface area contributed by atoms with Crippen LogP contribution in [0, 0.1) is 0 Å². The van der Waals surface area contributed by atoms with Gasteiger partial charge in [0.15, 0.2) is 9.84 Å². The summed E-state index contributed by atoms with van der Waals surface area (Å²) in [4.78, 5) is 0.0409. The second kappa shape index (κ2) is 3.55. The molecule has 0 spiro atoms. The van der Waals surface area contributed by atoms with E-state index in [1.165, 1.54) is 13.2 Å². The molecule has 0 fully saturated rings. The molecule has 72 valence electrons. The van der Waals surface area contributed by atoms with Crippen LogP contribution >= 0.6 is 11.6 Å². The molecule has 3 nitrogen and oxygen atoms in total. The van der Waals surface area contributed by atoms with E-state index in [0.717, 1.165) is 6.26 Å². The van der Waals surface area contributed by atoms with E-state index in [1.807, 2.05) is 0 Å². The summed E-state index contributed by atoms with van der Waals surface area (Å²) in [6, 6.07) is 4.71. The van der Waals surface area contributed by atoms with Gasteiger partial charge in [0.1, 0.15) is 10.6 Å². The number of sulfone groups is 1. The Morgan fingerprint density at radius 2 is 2.00 bits per heavy atom. The summed E-state index contributed by atoms with van der Waals surface area (Å²) in [6.45, 7) is 0. The molecule has 0 radical (unpaired) electrons. The molecule has 0 amide bonds. The molecule has 1 rings (SSSR count). The molecule has 1 aromatic rings. The predicted molar refractivity (Wildman–Crippen MR) is 51.1 cm³/mol. The zero-order valence-electron chi connectivity index (χ0n) is 7.24. The zero-order valence-corrected chi connectivity index (χ0v) is 8.82. The number of rotatable bonds is 2. The lowest BCUT2D eigenvalue weighted by Crippen LogP contribution is -2.01. The normalized spacial score (nSPS) is 11.3. The quantitative estimate of drug-likeness (QED) is 0.763. The van der Waals surface area contributed by atoms with Gasteiger partial charge in [-0.3, -0.25) is 0 Å². The molecular weight excluding hydrogens is 212 g/mol. The van der Waals surface area contributed by atoms with E-state index in [1.54, 1.807) is 12.1 Å². The Morgan fingerprint density at radius 3 is 2.38 bits per heavy atom. The van der Waals surface area contributed by atoms with Crippen LogP contribution in [0.3, 0.4) is 0 Å². The van der Waals surface area contributed by atoms with Crippen LogP contribution in [-0.4, -0.2) is 21.8 Å². The Morgan fingerprint density at radius 1 is 1.38 bits per heavy atom. The molecule has 5 heteroatoms. The van der Waals surface area contributed by atoms with Crippen LogP contribution in [0.15, 0.2) is 23.1 Å². The summed E-state index contributed by atoms with van der Waals surface area (Å²) in [5, 5.41) is 0.182. The summed E-state index contributed by atoms with van der Waals surface area (Å²) in [6.07, 6.45) is 1.09. The average molecular weight is 221 g/mol. The second-order valence-electron chi connectivity index (χ2n) is 2.54. The lowest BCUT2D eigenvalue weighted by atomic mass is 10.3. The molecule has 0 bridgehead atoms. The molecule has 0 saturated heterocycles. The van der Waals surface area contributed by atoms with Gasteiger partial charge >= 0.3 is 0 Å². The molecule has 0 aliphatic rings. The molecule has 0 atom stereocenters. The third-order valence-electron chi connectivity index (χ3n) is 1.52. The summed E-state index contributed by atoms with van der Waals surface area (Å²) in [7, 11) is -1.93. The third kappa shape index (κ3) is 2.14. The van der Waals surface area contributed by atoms with E-state index in [0.29, 0.717) is 0 Å². The van der Waals surface area contributed by atoms with E-state index in [9.17, 15) is 8.42 Å². The summed E-state index contributed by atoms with van der Waals surface area (Å²) in [5.41, 5.74) is 0. The molecule has 0 heterocycles. The fourth-order valence-corrected chi connectivity index (χ4v) is 2.54. The van der Waals surface area contributed by atoms with Crippen LogP contribution in [0.2, 0.25) is 5.02 Å². The maximum absolute atomic E-state index is 11.3. The number of hydrogen-bond donors (Lipinski definition) is 0. The van der Waals surface area contributed by atoms with Crippen LogP contribution in [0.5, 0.6) is 5.75 Å². The largest absolute Gasteiger partial charge is 0.495 e. The van der Waals surface area contributed by atoms with Crippen molar-refractivity contribution in [3.8, 4) is 5.75 Å². The van der Waals surface area contributed by atoms with Crippen LogP contribution < -0.4 is 4.74 Å². The summed E-state index contributed by atoms with van der Waals surface area (Å²) < 4.78 is 27.4. The van der Waals surface area contributed by atoms with Crippen LogP contribution in [0.25, 0.3) is 0 Å². The van der Waals surface area contributed by atoms with Crippen molar-refractivity contribution in [1.82, 2.24) is 0 Å². The van der Waals surface area contributed by atoms with Crippen molar-refractivity contribution in [2.24, 2.45) is 0 Å². The van der Waals surface area contributed by atoms with Gasteiger partial charge in [0.05, 0.1) is 12.1 Å². The maximum Gasteiger partial charge on any atom is 0.180 e. The lowest BCUT2D eigenvalue weighted by Gasteiger charge is -2.07. The number of hydrogen-bond acceptors (Lipinski definition) is 3. The first-order chi connectivity index (χ1) is 5.96. The number of benzene rings is 1. The van der Waals surface area contributed by atoms with E-state index in [2.05, 4.69) is 0 Å². The first-order valence-corrected chi connectivity index (χ1v) is 5.76. The molecule has 1 aromatic carbocycles. The Kier molecular flexibility index (Phi) is 2.83. The highest BCUT2D eigenvalue weighted by molar-refractivity contribution is 7.91. The molecule has 0 unspecified atom stereocenters. The molecule has 0 saturated carbocycles. The lowest BCUT2D eigenvalue weighted by molar-refractivity contribution is 0.403. The minimum Gasteiger partial charge on any atom is -0.495 e. The fraction of sp³-hybridized carbons (Fsp3) is 0.250. The molecule has 0 N–H and O–H groups in total. The Hall–Kier alpha value is -0.740. The van der Waals surface area contributed by atoms with Crippen molar-refractivity contribution >= 4 is 21.4 Å². The zero-order chi connectivity index (χ0) is 10.1.